The quantitative estimate of drug-likeness (QED) is 0.178. The molecule has 6 nitrogen and oxygen atoms in total. The van der Waals surface area contributed by atoms with E-state index in [0.29, 0.717) is 28.9 Å². The van der Waals surface area contributed by atoms with Crippen molar-refractivity contribution in [2.45, 2.75) is 0 Å². The summed E-state index contributed by atoms with van der Waals surface area (Å²) in [4.78, 5) is 23.1. The number of nitrogens with zero attached hydrogens (tertiary/aromatic N) is 6. The molecule has 0 aliphatic carbocycles. The van der Waals surface area contributed by atoms with Gasteiger partial charge in [-0.2, -0.15) is 0 Å². The average Bonchev–Trinajstić information content (AvgIpc) is 3.51. The molecule has 3 heterocycles. The van der Waals surface area contributed by atoms with Gasteiger partial charge in [0.1, 0.15) is 5.69 Å². The van der Waals surface area contributed by atoms with Gasteiger partial charge in [0.25, 0.3) is 0 Å². The number of rotatable bonds is 5. The molecule has 49 heavy (non-hydrogen) atoms. The number of hydrogen-bond donors (Lipinski definition) is 0. The Labute approximate surface area is 282 Å². The Morgan fingerprint density at radius 3 is 1.78 bits per heavy atom. The zero-order valence-corrected chi connectivity index (χ0v) is 26.2. The van der Waals surface area contributed by atoms with Crippen LogP contribution in [0.25, 0.3) is 88.5 Å². The van der Waals surface area contributed by atoms with Crippen LogP contribution in [-0.2, 0) is 0 Å². The SMILES string of the molecule is [C-]#[N+]c1ccc2c(c1)c1cc(-c3ccc(-c4nc(-c5ccccc5)nc(-c5ccccc5)n4)nc3)ccc1n2-c1cccc2ccccc12. The Bertz CT molecular complexity index is 2650. The molecular formula is C43H26N6. The molecule has 0 aliphatic rings. The van der Waals surface area contributed by atoms with Crippen LogP contribution in [0.1, 0.15) is 0 Å². The maximum absolute atomic E-state index is 7.69. The maximum atomic E-state index is 7.69. The van der Waals surface area contributed by atoms with Gasteiger partial charge in [-0.1, -0.05) is 115 Å². The first kappa shape index (κ1) is 28.3. The Morgan fingerprint density at radius 1 is 0.469 bits per heavy atom. The normalized spacial score (nSPS) is 11.2. The number of fused-ring (bicyclic) bond motifs is 4. The molecule has 3 aromatic heterocycles. The average molecular weight is 627 g/mol. The molecule has 0 N–H and O–H groups in total. The van der Waals surface area contributed by atoms with Crippen molar-refractivity contribution in [3.8, 4) is 51.1 Å². The van der Waals surface area contributed by atoms with Crippen LogP contribution < -0.4 is 0 Å². The topological polar surface area (TPSA) is 60.9 Å². The Hall–Kier alpha value is -6.97. The molecule has 9 rings (SSSR count). The molecule has 6 aromatic carbocycles. The van der Waals surface area contributed by atoms with Gasteiger partial charge in [-0.25, -0.2) is 19.8 Å². The van der Waals surface area contributed by atoms with Crippen molar-refractivity contribution in [3.63, 3.8) is 0 Å². The molecule has 0 saturated carbocycles. The second kappa shape index (κ2) is 11.7. The highest BCUT2D eigenvalue weighted by molar-refractivity contribution is 6.12. The van der Waals surface area contributed by atoms with Crippen LogP contribution in [-0.4, -0.2) is 24.5 Å². The summed E-state index contributed by atoms with van der Waals surface area (Å²) in [5, 5.41) is 4.47. The zero-order valence-electron chi connectivity index (χ0n) is 26.2. The predicted molar refractivity (Wildman–Crippen MR) is 197 cm³/mol. The first-order valence-corrected chi connectivity index (χ1v) is 16.0. The van der Waals surface area contributed by atoms with Crippen molar-refractivity contribution in [1.29, 1.82) is 0 Å². The molecule has 6 heteroatoms. The van der Waals surface area contributed by atoms with E-state index < -0.39 is 0 Å². The molecule has 0 atom stereocenters. The first-order valence-electron chi connectivity index (χ1n) is 16.0. The van der Waals surface area contributed by atoms with E-state index in [1.165, 1.54) is 10.8 Å². The highest BCUT2D eigenvalue weighted by Gasteiger charge is 2.17. The van der Waals surface area contributed by atoms with Gasteiger partial charge in [-0.3, -0.25) is 4.98 Å². The highest BCUT2D eigenvalue weighted by atomic mass is 15.0. The molecule has 0 radical (unpaired) electrons. The van der Waals surface area contributed by atoms with E-state index in [1.807, 2.05) is 85.1 Å². The molecule has 0 aliphatic heterocycles. The maximum Gasteiger partial charge on any atom is 0.188 e. The second-order valence-electron chi connectivity index (χ2n) is 11.8. The summed E-state index contributed by atoms with van der Waals surface area (Å²) in [6, 6.07) is 51.2. The van der Waals surface area contributed by atoms with Crippen LogP contribution in [0, 0.1) is 6.57 Å². The van der Waals surface area contributed by atoms with Crippen LogP contribution in [0.5, 0.6) is 0 Å². The van der Waals surface area contributed by atoms with Gasteiger partial charge in [0.05, 0.1) is 23.3 Å². The van der Waals surface area contributed by atoms with Gasteiger partial charge in [0.15, 0.2) is 23.2 Å². The third-order valence-corrected chi connectivity index (χ3v) is 8.91. The van der Waals surface area contributed by atoms with E-state index in [2.05, 4.69) is 82.2 Å². The molecule has 228 valence electrons. The molecule has 0 fully saturated rings. The Balaban J connectivity index is 1.16. The van der Waals surface area contributed by atoms with Crippen LogP contribution in [0.4, 0.5) is 5.69 Å². The molecular weight excluding hydrogens is 601 g/mol. The van der Waals surface area contributed by atoms with Crippen molar-refractivity contribution in [2.24, 2.45) is 0 Å². The van der Waals surface area contributed by atoms with Gasteiger partial charge in [-0.15, -0.1) is 0 Å². The molecule has 9 aromatic rings. The molecule has 0 spiro atoms. The second-order valence-corrected chi connectivity index (χ2v) is 11.8. The minimum atomic E-state index is 0.513. The fraction of sp³-hybridized carbons (Fsp3) is 0. The van der Waals surface area contributed by atoms with E-state index in [1.54, 1.807) is 0 Å². The van der Waals surface area contributed by atoms with Crippen molar-refractivity contribution in [2.75, 3.05) is 0 Å². The summed E-state index contributed by atoms with van der Waals surface area (Å²) in [7, 11) is 0. The largest absolute Gasteiger partial charge is 0.309 e. The van der Waals surface area contributed by atoms with Gasteiger partial charge in [-0.05, 0) is 52.7 Å². The number of aromatic nitrogens is 5. The summed E-state index contributed by atoms with van der Waals surface area (Å²) in [5.41, 5.74) is 8.35. The van der Waals surface area contributed by atoms with Crippen molar-refractivity contribution >= 4 is 38.3 Å². The minimum absolute atomic E-state index is 0.513. The Morgan fingerprint density at radius 2 is 1.08 bits per heavy atom. The third-order valence-electron chi connectivity index (χ3n) is 8.91. The van der Waals surface area contributed by atoms with E-state index in [-0.39, 0.29) is 0 Å². The van der Waals surface area contributed by atoms with Crippen LogP contribution in [0.3, 0.4) is 0 Å². The summed E-state index contributed by atoms with van der Waals surface area (Å²) >= 11 is 0. The number of pyridine rings is 1. The lowest BCUT2D eigenvalue weighted by atomic mass is 10.0. The van der Waals surface area contributed by atoms with E-state index >= 15 is 0 Å². The van der Waals surface area contributed by atoms with E-state index in [9.17, 15) is 0 Å². The third kappa shape index (κ3) is 4.98. The molecule has 0 saturated heterocycles. The van der Waals surface area contributed by atoms with Crippen molar-refractivity contribution in [1.82, 2.24) is 24.5 Å². The van der Waals surface area contributed by atoms with Gasteiger partial charge in [0, 0.05) is 33.7 Å². The lowest BCUT2D eigenvalue weighted by Gasteiger charge is -2.12. The van der Waals surface area contributed by atoms with Crippen LogP contribution in [0.2, 0.25) is 0 Å². The van der Waals surface area contributed by atoms with E-state index in [4.69, 9.17) is 26.5 Å². The molecule has 0 bridgehead atoms. The highest BCUT2D eigenvalue weighted by Crippen LogP contribution is 2.38. The Kier molecular flexibility index (Phi) is 6.74. The first-order chi connectivity index (χ1) is 24.2. The zero-order chi connectivity index (χ0) is 32.7. The van der Waals surface area contributed by atoms with Gasteiger partial charge >= 0.3 is 0 Å². The minimum Gasteiger partial charge on any atom is -0.309 e. The molecule has 0 unspecified atom stereocenters. The van der Waals surface area contributed by atoms with Crippen molar-refractivity contribution < 1.29 is 0 Å². The van der Waals surface area contributed by atoms with Gasteiger partial charge in [0.2, 0.25) is 0 Å². The fourth-order valence-corrected chi connectivity index (χ4v) is 6.54. The standard InChI is InChI=1S/C43H26N6/c1-44-33-21-24-40-36(26-33)35-25-31(20-23-39(35)49(40)38-18-10-16-28-11-8-9-17-34(28)38)32-19-22-37(45-27-32)43-47-41(29-12-4-2-5-13-29)46-42(48-43)30-14-6-3-7-15-30/h2-27H. The monoisotopic (exact) mass is 626 g/mol. The van der Waals surface area contributed by atoms with Crippen LogP contribution >= 0.6 is 0 Å². The smallest absolute Gasteiger partial charge is 0.188 e. The fourth-order valence-electron chi connectivity index (χ4n) is 6.54. The van der Waals surface area contributed by atoms with Gasteiger partial charge < -0.3 is 4.57 Å². The van der Waals surface area contributed by atoms with Crippen LogP contribution in [0.15, 0.2) is 158 Å². The molecule has 0 amide bonds. The lowest BCUT2D eigenvalue weighted by Crippen LogP contribution is -2.01. The number of benzene rings is 6. The lowest BCUT2D eigenvalue weighted by molar-refractivity contribution is 1.06. The predicted octanol–water partition coefficient (Wildman–Crippen LogP) is 10.7. The van der Waals surface area contributed by atoms with E-state index in [0.717, 1.165) is 49.7 Å². The summed E-state index contributed by atoms with van der Waals surface area (Å²) in [5.74, 6) is 1.71. The summed E-state index contributed by atoms with van der Waals surface area (Å²) in [6.45, 7) is 7.69. The summed E-state index contributed by atoms with van der Waals surface area (Å²) in [6.07, 6.45) is 1.87. The summed E-state index contributed by atoms with van der Waals surface area (Å²) < 4.78 is 2.31. The number of hydrogen-bond acceptors (Lipinski definition) is 4. The van der Waals surface area contributed by atoms with Crippen molar-refractivity contribution in [3.05, 3.63) is 169 Å².